The molecule has 12 heavy (non-hydrogen) atoms. The minimum absolute atomic E-state index is 1.30. The maximum atomic E-state index is 2.62. The van der Waals surface area contributed by atoms with Crippen LogP contribution in [0.5, 0.6) is 0 Å². The minimum atomic E-state index is 1.30. The zero-order chi connectivity index (χ0) is 8.65. The van der Waals surface area contributed by atoms with Gasteiger partial charge in [0.05, 0.1) is 0 Å². The lowest BCUT2D eigenvalue weighted by atomic mass is 10.3. The fourth-order valence-electron chi connectivity index (χ4n) is 1.44. The van der Waals surface area contributed by atoms with Crippen LogP contribution < -0.4 is 0 Å². The average molecular weight is 205 g/mol. The molecule has 0 aromatic heterocycles. The highest BCUT2D eigenvalue weighted by molar-refractivity contribution is 7.99. The molecule has 0 aliphatic carbocycles. The number of thioether (sulfide) groups is 2. The minimum Gasteiger partial charge on any atom is -0.302 e. The van der Waals surface area contributed by atoms with Gasteiger partial charge in [0.25, 0.3) is 0 Å². The molecule has 1 aliphatic heterocycles. The van der Waals surface area contributed by atoms with Gasteiger partial charge in [-0.2, -0.15) is 23.5 Å². The molecule has 3 heteroatoms. The Morgan fingerprint density at radius 2 is 1.92 bits per heavy atom. The van der Waals surface area contributed by atoms with Crippen molar-refractivity contribution in [3.05, 3.63) is 0 Å². The first-order valence-electron chi connectivity index (χ1n) is 4.72. The van der Waals surface area contributed by atoms with E-state index in [-0.39, 0.29) is 0 Å². The van der Waals surface area contributed by atoms with Crippen molar-refractivity contribution in [2.75, 3.05) is 43.1 Å². The topological polar surface area (TPSA) is 3.24 Å². The second kappa shape index (κ2) is 7.10. The molecule has 0 saturated carbocycles. The van der Waals surface area contributed by atoms with E-state index >= 15 is 0 Å². The zero-order valence-electron chi connectivity index (χ0n) is 7.92. The number of hydrogen-bond acceptors (Lipinski definition) is 3. The predicted octanol–water partition coefficient (Wildman–Crippen LogP) is 2.18. The Kier molecular flexibility index (Phi) is 6.35. The van der Waals surface area contributed by atoms with Crippen LogP contribution in [0.2, 0.25) is 0 Å². The van der Waals surface area contributed by atoms with Crippen LogP contribution in [0.25, 0.3) is 0 Å². The molecule has 1 aliphatic rings. The highest BCUT2D eigenvalue weighted by Gasteiger charge is 2.06. The Hall–Kier alpha value is 0.660. The smallest absolute Gasteiger partial charge is 0.00722 e. The standard InChI is InChI=1S/C9H19NS2/c1-11-9-6-10-4-2-7-12-8-3-5-10/h2-9H2,1H3. The summed E-state index contributed by atoms with van der Waals surface area (Å²) in [4.78, 5) is 2.62. The molecule has 0 spiro atoms. The van der Waals surface area contributed by atoms with Crippen LogP contribution >= 0.6 is 23.5 Å². The molecule has 0 radical (unpaired) electrons. The Balaban J connectivity index is 2.11. The SMILES string of the molecule is CSCCN1CCCSCCC1. The summed E-state index contributed by atoms with van der Waals surface area (Å²) in [6.45, 7) is 3.95. The third kappa shape index (κ3) is 4.63. The van der Waals surface area contributed by atoms with Crippen LogP contribution in [0.15, 0.2) is 0 Å². The summed E-state index contributed by atoms with van der Waals surface area (Å²) in [5.41, 5.74) is 0. The van der Waals surface area contributed by atoms with Gasteiger partial charge in [-0.1, -0.05) is 0 Å². The third-order valence-electron chi connectivity index (χ3n) is 2.14. The van der Waals surface area contributed by atoms with Crippen LogP contribution in [0.4, 0.5) is 0 Å². The molecule has 0 atom stereocenters. The summed E-state index contributed by atoms with van der Waals surface area (Å²) in [6, 6.07) is 0. The lowest BCUT2D eigenvalue weighted by Gasteiger charge is -2.23. The third-order valence-corrected chi connectivity index (χ3v) is 3.88. The molecule has 1 rings (SSSR count). The van der Waals surface area contributed by atoms with Gasteiger partial charge in [-0.3, -0.25) is 0 Å². The average Bonchev–Trinajstić information content (AvgIpc) is 2.02. The molecule has 1 fully saturated rings. The van der Waals surface area contributed by atoms with Crippen LogP contribution in [0.1, 0.15) is 12.8 Å². The van der Waals surface area contributed by atoms with Crippen molar-refractivity contribution in [1.82, 2.24) is 4.90 Å². The first-order chi connectivity index (χ1) is 5.93. The molecule has 0 aromatic carbocycles. The molecule has 0 unspecified atom stereocenters. The summed E-state index contributed by atoms with van der Waals surface area (Å²) < 4.78 is 0. The van der Waals surface area contributed by atoms with Gasteiger partial charge in [0.2, 0.25) is 0 Å². The van der Waals surface area contributed by atoms with Gasteiger partial charge in [0.15, 0.2) is 0 Å². The van der Waals surface area contributed by atoms with Gasteiger partial charge >= 0.3 is 0 Å². The largest absolute Gasteiger partial charge is 0.302 e. The van der Waals surface area contributed by atoms with E-state index in [9.17, 15) is 0 Å². The van der Waals surface area contributed by atoms with Crippen molar-refractivity contribution < 1.29 is 0 Å². The second-order valence-corrected chi connectivity index (χ2v) is 5.36. The monoisotopic (exact) mass is 205 g/mol. The van der Waals surface area contributed by atoms with E-state index in [2.05, 4.69) is 22.9 Å². The molecule has 0 aromatic rings. The molecule has 1 nitrogen and oxygen atoms in total. The molecule has 0 amide bonds. The van der Waals surface area contributed by atoms with Crippen molar-refractivity contribution in [1.29, 1.82) is 0 Å². The quantitative estimate of drug-likeness (QED) is 0.695. The summed E-state index contributed by atoms with van der Waals surface area (Å²) in [5, 5.41) is 0. The normalized spacial score (nSPS) is 21.8. The maximum Gasteiger partial charge on any atom is 0.00722 e. The Labute approximate surface area is 84.7 Å². The Morgan fingerprint density at radius 1 is 1.25 bits per heavy atom. The van der Waals surface area contributed by atoms with E-state index < -0.39 is 0 Å². The van der Waals surface area contributed by atoms with Crippen LogP contribution in [-0.4, -0.2) is 48.0 Å². The van der Waals surface area contributed by atoms with Gasteiger partial charge in [0, 0.05) is 12.3 Å². The molecule has 72 valence electrons. The Morgan fingerprint density at radius 3 is 2.50 bits per heavy atom. The van der Waals surface area contributed by atoms with E-state index in [0.717, 1.165) is 0 Å². The van der Waals surface area contributed by atoms with Crippen molar-refractivity contribution in [3.63, 3.8) is 0 Å². The van der Waals surface area contributed by atoms with Crippen LogP contribution in [0.3, 0.4) is 0 Å². The Bertz CT molecular complexity index is 97.9. The lowest BCUT2D eigenvalue weighted by Crippen LogP contribution is -2.30. The van der Waals surface area contributed by atoms with E-state index in [0.29, 0.717) is 0 Å². The van der Waals surface area contributed by atoms with E-state index in [4.69, 9.17) is 0 Å². The van der Waals surface area contributed by atoms with Gasteiger partial charge < -0.3 is 4.90 Å². The van der Waals surface area contributed by atoms with E-state index in [1.807, 2.05) is 11.8 Å². The van der Waals surface area contributed by atoms with Crippen molar-refractivity contribution in [3.8, 4) is 0 Å². The number of rotatable bonds is 3. The van der Waals surface area contributed by atoms with Gasteiger partial charge in [-0.15, -0.1) is 0 Å². The van der Waals surface area contributed by atoms with Gasteiger partial charge in [-0.05, 0) is 43.7 Å². The summed E-state index contributed by atoms with van der Waals surface area (Å²) in [6.07, 6.45) is 4.97. The van der Waals surface area contributed by atoms with Crippen molar-refractivity contribution in [2.24, 2.45) is 0 Å². The molecule has 1 heterocycles. The van der Waals surface area contributed by atoms with E-state index in [1.165, 1.54) is 49.7 Å². The lowest BCUT2D eigenvalue weighted by molar-refractivity contribution is 0.291. The second-order valence-electron chi connectivity index (χ2n) is 3.15. The van der Waals surface area contributed by atoms with Gasteiger partial charge in [-0.25, -0.2) is 0 Å². The predicted molar refractivity (Wildman–Crippen MR) is 61.4 cm³/mol. The van der Waals surface area contributed by atoms with Gasteiger partial charge in [0.1, 0.15) is 0 Å². The fourth-order valence-corrected chi connectivity index (χ4v) is 2.75. The van der Waals surface area contributed by atoms with Crippen LogP contribution in [0, 0.1) is 0 Å². The highest BCUT2D eigenvalue weighted by atomic mass is 32.2. The molecular formula is C9H19NS2. The number of hydrogen-bond donors (Lipinski definition) is 0. The first kappa shape index (κ1) is 10.7. The summed E-state index contributed by atoms with van der Waals surface area (Å²) in [5.74, 6) is 4.04. The molecule has 1 saturated heterocycles. The number of nitrogens with zero attached hydrogens (tertiary/aromatic N) is 1. The van der Waals surface area contributed by atoms with Crippen LogP contribution in [-0.2, 0) is 0 Å². The molecule has 0 bridgehead atoms. The van der Waals surface area contributed by atoms with Crippen molar-refractivity contribution in [2.45, 2.75) is 12.8 Å². The molecule has 0 N–H and O–H groups in total. The van der Waals surface area contributed by atoms with Crippen molar-refractivity contribution >= 4 is 23.5 Å². The van der Waals surface area contributed by atoms with E-state index in [1.54, 1.807) is 0 Å². The zero-order valence-corrected chi connectivity index (χ0v) is 9.55. The first-order valence-corrected chi connectivity index (χ1v) is 7.27. The molecular weight excluding hydrogens is 186 g/mol. The summed E-state index contributed by atoms with van der Waals surface area (Å²) >= 11 is 4.08. The highest BCUT2D eigenvalue weighted by Crippen LogP contribution is 2.10. The maximum absolute atomic E-state index is 2.62. The summed E-state index contributed by atoms with van der Waals surface area (Å²) in [7, 11) is 0. The fraction of sp³-hybridized carbons (Fsp3) is 1.00.